The van der Waals surface area contributed by atoms with Crippen molar-refractivity contribution in [1.29, 1.82) is 0 Å². The monoisotopic (exact) mass is 232 g/mol. The molecule has 0 bridgehead atoms. The van der Waals surface area contributed by atoms with Crippen LogP contribution in [-0.2, 0) is 7.05 Å². The van der Waals surface area contributed by atoms with Gasteiger partial charge in [-0.15, -0.1) is 0 Å². The number of hydrogen-bond acceptors (Lipinski definition) is 3. The molecule has 2 atom stereocenters. The van der Waals surface area contributed by atoms with E-state index in [9.17, 15) is 4.79 Å². The van der Waals surface area contributed by atoms with Crippen molar-refractivity contribution in [1.82, 2.24) is 14.1 Å². The van der Waals surface area contributed by atoms with E-state index in [1.807, 2.05) is 10.6 Å². The van der Waals surface area contributed by atoms with Crippen molar-refractivity contribution in [3.63, 3.8) is 0 Å². The molecular weight excluding hydrogens is 216 g/mol. The summed E-state index contributed by atoms with van der Waals surface area (Å²) in [7, 11) is 1.80. The molecule has 0 aromatic carbocycles. The van der Waals surface area contributed by atoms with Gasteiger partial charge in [-0.3, -0.25) is 14.1 Å². The predicted molar refractivity (Wildman–Crippen MR) is 65.8 cm³/mol. The molecule has 1 saturated carbocycles. The highest BCUT2D eigenvalue weighted by Crippen LogP contribution is 2.30. The molecule has 90 valence electrons. The third kappa shape index (κ3) is 1.50. The first-order valence-electron chi connectivity index (χ1n) is 5.95. The van der Waals surface area contributed by atoms with Crippen LogP contribution in [-0.4, -0.2) is 20.2 Å². The first kappa shape index (κ1) is 10.5. The molecule has 1 aliphatic carbocycles. The summed E-state index contributed by atoms with van der Waals surface area (Å²) >= 11 is 0. The number of rotatable bonds is 1. The fourth-order valence-electron chi connectivity index (χ4n) is 2.79. The minimum absolute atomic E-state index is 0.0344. The number of imidazole rings is 1. The van der Waals surface area contributed by atoms with Crippen molar-refractivity contribution < 1.29 is 0 Å². The van der Waals surface area contributed by atoms with E-state index < -0.39 is 0 Å². The predicted octanol–water partition coefficient (Wildman–Crippen LogP) is 0.787. The Bertz CT molecular complexity index is 612. The molecule has 0 amide bonds. The molecule has 3 rings (SSSR count). The van der Waals surface area contributed by atoms with Crippen LogP contribution in [0.15, 0.2) is 23.3 Å². The summed E-state index contributed by atoms with van der Waals surface area (Å²) in [6.07, 6.45) is 6.34. The standard InChI is InChI=1S/C12H16N4O/c1-15-10-4-5-14-7-11(10)16(12(15)17)9-3-2-8(13)6-9/h4-5,7-9H,2-3,6,13H2,1H3. The lowest BCUT2D eigenvalue weighted by atomic mass is 10.2. The van der Waals surface area contributed by atoms with E-state index in [2.05, 4.69) is 4.98 Å². The second kappa shape index (κ2) is 3.70. The van der Waals surface area contributed by atoms with E-state index in [4.69, 9.17) is 5.73 Å². The number of pyridine rings is 1. The maximum Gasteiger partial charge on any atom is 0.329 e. The molecule has 1 fully saturated rings. The first-order valence-corrected chi connectivity index (χ1v) is 5.95. The summed E-state index contributed by atoms with van der Waals surface area (Å²) in [4.78, 5) is 16.4. The van der Waals surface area contributed by atoms with Gasteiger partial charge in [0.15, 0.2) is 0 Å². The molecule has 0 saturated heterocycles. The molecule has 1 aliphatic rings. The van der Waals surface area contributed by atoms with Crippen molar-refractivity contribution in [2.45, 2.75) is 31.3 Å². The Labute approximate surface area is 98.9 Å². The van der Waals surface area contributed by atoms with Gasteiger partial charge in [0, 0.05) is 25.3 Å². The van der Waals surface area contributed by atoms with Gasteiger partial charge in [0.1, 0.15) is 0 Å². The van der Waals surface area contributed by atoms with Gasteiger partial charge < -0.3 is 5.73 Å². The summed E-state index contributed by atoms with van der Waals surface area (Å²) in [5, 5.41) is 0. The second-order valence-electron chi connectivity index (χ2n) is 4.80. The van der Waals surface area contributed by atoms with E-state index >= 15 is 0 Å². The molecule has 2 unspecified atom stereocenters. The number of nitrogens with two attached hydrogens (primary N) is 1. The molecule has 2 aromatic rings. The Morgan fingerprint density at radius 1 is 1.41 bits per heavy atom. The largest absolute Gasteiger partial charge is 0.329 e. The van der Waals surface area contributed by atoms with E-state index in [-0.39, 0.29) is 17.8 Å². The van der Waals surface area contributed by atoms with Gasteiger partial charge in [0.05, 0.1) is 17.2 Å². The Morgan fingerprint density at radius 3 is 2.94 bits per heavy atom. The van der Waals surface area contributed by atoms with Gasteiger partial charge >= 0.3 is 5.69 Å². The lowest BCUT2D eigenvalue weighted by Gasteiger charge is -2.11. The Hall–Kier alpha value is -1.62. The highest BCUT2D eigenvalue weighted by molar-refractivity contribution is 5.74. The van der Waals surface area contributed by atoms with Crippen LogP contribution >= 0.6 is 0 Å². The van der Waals surface area contributed by atoms with Crippen molar-refractivity contribution in [2.75, 3.05) is 0 Å². The zero-order valence-electron chi connectivity index (χ0n) is 9.84. The summed E-state index contributed by atoms with van der Waals surface area (Å²) in [6.45, 7) is 0. The molecule has 0 aliphatic heterocycles. The maximum absolute atomic E-state index is 12.2. The maximum atomic E-state index is 12.2. The third-order valence-electron chi connectivity index (χ3n) is 3.70. The average Bonchev–Trinajstić information content (AvgIpc) is 2.84. The van der Waals surface area contributed by atoms with Gasteiger partial charge in [-0.2, -0.15) is 0 Å². The second-order valence-corrected chi connectivity index (χ2v) is 4.80. The van der Waals surface area contributed by atoms with Crippen LogP contribution in [0.2, 0.25) is 0 Å². The summed E-state index contributed by atoms with van der Waals surface area (Å²) in [5.74, 6) is 0. The van der Waals surface area contributed by atoms with Gasteiger partial charge in [-0.1, -0.05) is 0 Å². The van der Waals surface area contributed by atoms with E-state index in [1.54, 1.807) is 24.0 Å². The zero-order valence-corrected chi connectivity index (χ0v) is 9.84. The SMILES string of the molecule is Cn1c(=O)n(C2CCC(N)C2)c2cnccc21. The summed E-state index contributed by atoms with van der Waals surface area (Å²) in [5.41, 5.74) is 7.81. The summed E-state index contributed by atoms with van der Waals surface area (Å²) < 4.78 is 3.54. The number of fused-ring (bicyclic) bond motifs is 1. The molecule has 5 nitrogen and oxygen atoms in total. The van der Waals surface area contributed by atoms with E-state index in [0.717, 1.165) is 30.3 Å². The van der Waals surface area contributed by atoms with Crippen LogP contribution in [0.3, 0.4) is 0 Å². The lowest BCUT2D eigenvalue weighted by Crippen LogP contribution is -2.26. The van der Waals surface area contributed by atoms with Crippen molar-refractivity contribution in [3.05, 3.63) is 28.9 Å². The van der Waals surface area contributed by atoms with E-state index in [0.29, 0.717) is 0 Å². The molecule has 2 heterocycles. The third-order valence-corrected chi connectivity index (χ3v) is 3.70. The number of aromatic nitrogens is 3. The smallest absolute Gasteiger partial charge is 0.328 e. The number of aryl methyl sites for hydroxylation is 1. The van der Waals surface area contributed by atoms with Gasteiger partial charge in [-0.25, -0.2) is 4.79 Å². The number of hydrogen-bond donors (Lipinski definition) is 1. The quantitative estimate of drug-likeness (QED) is 0.790. The van der Waals surface area contributed by atoms with Crippen molar-refractivity contribution in [3.8, 4) is 0 Å². The molecule has 2 aromatic heterocycles. The zero-order chi connectivity index (χ0) is 12.0. The minimum atomic E-state index is 0.0344. The van der Waals surface area contributed by atoms with Crippen LogP contribution < -0.4 is 11.4 Å². The highest BCUT2D eigenvalue weighted by atomic mass is 16.1. The van der Waals surface area contributed by atoms with Crippen LogP contribution in [0.4, 0.5) is 0 Å². The Morgan fingerprint density at radius 2 is 2.24 bits per heavy atom. The van der Waals surface area contributed by atoms with Gasteiger partial charge in [-0.05, 0) is 25.3 Å². The normalized spacial score (nSPS) is 24.6. The fourth-order valence-corrected chi connectivity index (χ4v) is 2.79. The first-order chi connectivity index (χ1) is 8.18. The molecule has 5 heteroatoms. The van der Waals surface area contributed by atoms with Crippen LogP contribution in [0, 0.1) is 0 Å². The van der Waals surface area contributed by atoms with Gasteiger partial charge in [0.25, 0.3) is 0 Å². The Balaban J connectivity index is 2.22. The molecule has 17 heavy (non-hydrogen) atoms. The molecule has 2 N–H and O–H groups in total. The highest BCUT2D eigenvalue weighted by Gasteiger charge is 2.26. The van der Waals surface area contributed by atoms with Crippen LogP contribution in [0.5, 0.6) is 0 Å². The van der Waals surface area contributed by atoms with Crippen LogP contribution in [0.1, 0.15) is 25.3 Å². The van der Waals surface area contributed by atoms with Crippen molar-refractivity contribution in [2.24, 2.45) is 12.8 Å². The summed E-state index contributed by atoms with van der Waals surface area (Å²) in [6, 6.07) is 2.33. The average molecular weight is 232 g/mol. The Kier molecular flexibility index (Phi) is 2.29. The van der Waals surface area contributed by atoms with Gasteiger partial charge in [0.2, 0.25) is 0 Å². The minimum Gasteiger partial charge on any atom is -0.328 e. The fraction of sp³-hybridized carbons (Fsp3) is 0.500. The number of nitrogens with zero attached hydrogens (tertiary/aromatic N) is 3. The van der Waals surface area contributed by atoms with Crippen LogP contribution in [0.25, 0.3) is 11.0 Å². The molecular formula is C12H16N4O. The lowest BCUT2D eigenvalue weighted by molar-refractivity contribution is 0.501. The topological polar surface area (TPSA) is 65.8 Å². The molecule has 0 spiro atoms. The molecule has 0 radical (unpaired) electrons. The van der Waals surface area contributed by atoms with E-state index in [1.165, 1.54) is 0 Å². The van der Waals surface area contributed by atoms with Crippen molar-refractivity contribution >= 4 is 11.0 Å².